The topological polar surface area (TPSA) is 84.7 Å². The summed E-state index contributed by atoms with van der Waals surface area (Å²) in [6.07, 6.45) is 4.53. The van der Waals surface area contributed by atoms with Crippen molar-refractivity contribution in [2.75, 3.05) is 6.61 Å². The maximum atomic E-state index is 11.4. The van der Waals surface area contributed by atoms with Crippen LogP contribution in [0.2, 0.25) is 0 Å². The van der Waals surface area contributed by atoms with Gasteiger partial charge in [0.25, 0.3) is 0 Å². The summed E-state index contributed by atoms with van der Waals surface area (Å²) in [5, 5.41) is 8.42. The van der Waals surface area contributed by atoms with Crippen LogP contribution in [0.4, 0.5) is 0 Å². The summed E-state index contributed by atoms with van der Waals surface area (Å²) in [6, 6.07) is 5.56. The fourth-order valence-electron chi connectivity index (χ4n) is 3.52. The molecule has 0 aliphatic rings. The quantitative estimate of drug-likeness (QED) is 0.235. The first-order chi connectivity index (χ1) is 15.9. The van der Waals surface area contributed by atoms with Crippen LogP contribution in [0.1, 0.15) is 72.6 Å². The van der Waals surface area contributed by atoms with Gasteiger partial charge in [-0.25, -0.2) is 0 Å². The molecule has 2 aromatic rings. The summed E-state index contributed by atoms with van der Waals surface area (Å²) in [5.41, 5.74) is 1.28. The molecule has 1 aromatic carbocycles. The molecule has 0 N–H and O–H groups in total. The zero-order chi connectivity index (χ0) is 25.4. The van der Waals surface area contributed by atoms with Crippen molar-refractivity contribution in [2.45, 2.75) is 98.1 Å². The lowest BCUT2D eigenvalue weighted by Gasteiger charge is -2.31. The van der Waals surface area contributed by atoms with Crippen molar-refractivity contribution in [3.8, 4) is 11.5 Å². The van der Waals surface area contributed by atoms with Gasteiger partial charge in [-0.2, -0.15) is 0 Å². The Kier molecular flexibility index (Phi) is 10.1. The Morgan fingerprint density at radius 2 is 1.85 bits per heavy atom. The minimum atomic E-state index is -0.388. The average molecular weight is 473 g/mol. The molecule has 0 saturated carbocycles. The minimum Gasteiger partial charge on any atom is -0.483 e. The molecule has 0 saturated heterocycles. The highest BCUT2D eigenvalue weighted by atomic mass is 16.6. The molecule has 34 heavy (non-hydrogen) atoms. The first-order valence-electron chi connectivity index (χ1n) is 12.0. The summed E-state index contributed by atoms with van der Waals surface area (Å²) in [6.45, 7) is 15.4. The Morgan fingerprint density at radius 1 is 1.12 bits per heavy atom. The van der Waals surface area contributed by atoms with Crippen LogP contribution in [-0.2, 0) is 33.7 Å². The standard InChI is InChI=1S/C25H40BN3O5/c1-18(2)34-25(6,7)11-13-32-24(4,5)10-12-29-16-21(27-28-29)17-31-23-14-20(15-26)8-9-22(23)33-19(3)30/h8-9,14,16,18H,10-13,15,17,26H2,1-7H3. The maximum Gasteiger partial charge on any atom is 0.308 e. The number of carbonyl (C=O) groups excluding carboxylic acids is 1. The van der Waals surface area contributed by atoms with Crippen LogP contribution >= 0.6 is 0 Å². The molecule has 1 aromatic heterocycles. The lowest BCUT2D eigenvalue weighted by atomic mass is 9.97. The molecule has 0 bridgehead atoms. The van der Waals surface area contributed by atoms with Crippen molar-refractivity contribution >= 4 is 13.8 Å². The Morgan fingerprint density at radius 3 is 2.50 bits per heavy atom. The third-order valence-electron chi connectivity index (χ3n) is 5.33. The second-order valence-corrected chi connectivity index (χ2v) is 10.0. The van der Waals surface area contributed by atoms with Crippen LogP contribution in [-0.4, -0.2) is 52.7 Å². The molecule has 0 atom stereocenters. The highest BCUT2D eigenvalue weighted by Gasteiger charge is 2.24. The predicted molar refractivity (Wildman–Crippen MR) is 134 cm³/mol. The van der Waals surface area contributed by atoms with Gasteiger partial charge in [-0.05, 0) is 66.5 Å². The lowest BCUT2D eigenvalue weighted by molar-refractivity contribution is -0.132. The first-order valence-corrected chi connectivity index (χ1v) is 12.0. The lowest BCUT2D eigenvalue weighted by Crippen LogP contribution is -2.33. The van der Waals surface area contributed by atoms with E-state index < -0.39 is 0 Å². The predicted octanol–water partition coefficient (Wildman–Crippen LogP) is 3.69. The van der Waals surface area contributed by atoms with Crippen LogP contribution < -0.4 is 9.47 Å². The largest absolute Gasteiger partial charge is 0.483 e. The number of hydrogen-bond acceptors (Lipinski definition) is 7. The molecule has 188 valence electrons. The molecule has 0 spiro atoms. The number of aryl methyl sites for hydroxylation is 1. The summed E-state index contributed by atoms with van der Waals surface area (Å²) < 4.78 is 25.0. The second-order valence-electron chi connectivity index (χ2n) is 10.0. The monoisotopic (exact) mass is 473 g/mol. The van der Waals surface area contributed by atoms with Crippen molar-refractivity contribution in [1.29, 1.82) is 0 Å². The Hall–Kier alpha value is -2.39. The van der Waals surface area contributed by atoms with Crippen LogP contribution in [0, 0.1) is 0 Å². The van der Waals surface area contributed by atoms with Crippen molar-refractivity contribution in [3.63, 3.8) is 0 Å². The molecule has 0 amide bonds. The Labute approximate surface area is 204 Å². The van der Waals surface area contributed by atoms with Crippen LogP contribution in [0.3, 0.4) is 0 Å². The van der Waals surface area contributed by atoms with E-state index in [-0.39, 0.29) is 29.9 Å². The maximum absolute atomic E-state index is 11.4. The van der Waals surface area contributed by atoms with Crippen molar-refractivity contribution in [1.82, 2.24) is 15.0 Å². The van der Waals surface area contributed by atoms with Gasteiger partial charge < -0.3 is 18.9 Å². The Bertz CT molecular complexity index is 927. The van der Waals surface area contributed by atoms with Crippen LogP contribution in [0.5, 0.6) is 11.5 Å². The SMILES string of the molecule is BCc1ccc(OC(C)=O)c(OCc2cn(CCC(C)(C)OCCC(C)(C)OC(C)C)nn2)c1. The van der Waals surface area contributed by atoms with E-state index in [4.69, 9.17) is 18.9 Å². The molecule has 0 aliphatic carbocycles. The molecular formula is C25H40BN3O5. The molecule has 8 nitrogen and oxygen atoms in total. The third-order valence-corrected chi connectivity index (χ3v) is 5.33. The van der Waals surface area contributed by atoms with Crippen LogP contribution in [0.15, 0.2) is 24.4 Å². The van der Waals surface area contributed by atoms with Crippen molar-refractivity contribution < 1.29 is 23.7 Å². The van der Waals surface area contributed by atoms with E-state index in [0.717, 1.165) is 24.7 Å². The number of nitrogens with zero attached hydrogens (tertiary/aromatic N) is 3. The highest BCUT2D eigenvalue weighted by molar-refractivity contribution is 6.08. The number of ether oxygens (including phenoxy) is 4. The van der Waals surface area contributed by atoms with Crippen LogP contribution in [0.25, 0.3) is 0 Å². The van der Waals surface area contributed by atoms with E-state index in [1.165, 1.54) is 6.92 Å². The molecular weight excluding hydrogens is 433 g/mol. The summed E-state index contributed by atoms with van der Waals surface area (Å²) >= 11 is 0. The number of esters is 1. The second kappa shape index (κ2) is 12.4. The summed E-state index contributed by atoms with van der Waals surface area (Å²) in [7, 11) is 2.06. The molecule has 0 radical (unpaired) electrons. The van der Waals surface area contributed by atoms with E-state index in [1.54, 1.807) is 10.7 Å². The first kappa shape index (κ1) is 27.9. The number of carbonyl (C=O) groups is 1. The normalized spacial score (nSPS) is 12.2. The number of benzene rings is 1. The molecule has 2 rings (SSSR count). The fraction of sp³-hybridized carbons (Fsp3) is 0.640. The zero-order valence-corrected chi connectivity index (χ0v) is 22.0. The number of aromatic nitrogens is 3. The van der Waals surface area contributed by atoms with Crippen molar-refractivity contribution in [2.24, 2.45) is 0 Å². The van der Waals surface area contributed by atoms with Gasteiger partial charge in [0.1, 0.15) is 20.1 Å². The van der Waals surface area contributed by atoms with E-state index >= 15 is 0 Å². The van der Waals surface area contributed by atoms with E-state index in [1.807, 2.05) is 32.2 Å². The fourth-order valence-corrected chi connectivity index (χ4v) is 3.52. The molecule has 0 unspecified atom stereocenters. The summed E-state index contributed by atoms with van der Waals surface area (Å²) in [5.74, 6) is 0.529. The molecule has 9 heteroatoms. The van der Waals surface area contributed by atoms with E-state index in [0.29, 0.717) is 30.3 Å². The molecule has 1 heterocycles. The summed E-state index contributed by atoms with van der Waals surface area (Å²) in [4.78, 5) is 11.4. The smallest absolute Gasteiger partial charge is 0.308 e. The average Bonchev–Trinajstić information content (AvgIpc) is 3.18. The number of hydrogen-bond donors (Lipinski definition) is 0. The van der Waals surface area contributed by atoms with E-state index in [9.17, 15) is 4.79 Å². The third kappa shape index (κ3) is 9.85. The number of rotatable bonds is 14. The van der Waals surface area contributed by atoms with Gasteiger partial charge in [0.2, 0.25) is 0 Å². The minimum absolute atomic E-state index is 0.192. The van der Waals surface area contributed by atoms with Gasteiger partial charge in [-0.3, -0.25) is 9.48 Å². The Balaban J connectivity index is 1.86. The molecule has 0 fully saturated rings. The van der Waals surface area contributed by atoms with Gasteiger partial charge in [-0.1, -0.05) is 23.2 Å². The highest BCUT2D eigenvalue weighted by Crippen LogP contribution is 2.29. The van der Waals surface area contributed by atoms with Gasteiger partial charge >= 0.3 is 5.97 Å². The van der Waals surface area contributed by atoms with Crippen molar-refractivity contribution in [3.05, 3.63) is 35.7 Å². The van der Waals surface area contributed by atoms with Gasteiger partial charge in [0.15, 0.2) is 11.5 Å². The van der Waals surface area contributed by atoms with Gasteiger partial charge in [0, 0.05) is 13.5 Å². The van der Waals surface area contributed by atoms with Gasteiger partial charge in [0.05, 0.1) is 30.1 Å². The zero-order valence-electron chi connectivity index (χ0n) is 22.0. The van der Waals surface area contributed by atoms with E-state index in [2.05, 4.69) is 45.9 Å². The molecule has 0 aliphatic heterocycles. The van der Waals surface area contributed by atoms with Gasteiger partial charge in [-0.15, -0.1) is 5.10 Å².